The third-order valence-corrected chi connectivity index (χ3v) is 1.96. The van der Waals surface area contributed by atoms with Crippen molar-refractivity contribution in [3.63, 3.8) is 0 Å². The van der Waals surface area contributed by atoms with E-state index in [1.54, 1.807) is 0 Å². The van der Waals surface area contributed by atoms with Gasteiger partial charge in [0.25, 0.3) is 0 Å². The molecular weight excluding hydrogens is 168 g/mol. The fourth-order valence-electron chi connectivity index (χ4n) is 1.08. The van der Waals surface area contributed by atoms with Crippen LogP contribution in [-0.2, 0) is 9.59 Å². The van der Waals surface area contributed by atoms with Gasteiger partial charge >= 0.3 is 0 Å². The van der Waals surface area contributed by atoms with Gasteiger partial charge in [-0.2, -0.15) is 0 Å². The predicted molar refractivity (Wildman–Crippen MR) is 49.0 cm³/mol. The lowest BCUT2D eigenvalue weighted by Gasteiger charge is -2.11. The van der Waals surface area contributed by atoms with Crippen molar-refractivity contribution in [3.05, 3.63) is 0 Å². The van der Waals surface area contributed by atoms with Crippen molar-refractivity contribution in [3.8, 4) is 0 Å². The van der Waals surface area contributed by atoms with E-state index in [9.17, 15) is 9.59 Å². The van der Waals surface area contributed by atoms with Crippen LogP contribution in [0.5, 0.6) is 0 Å². The van der Waals surface area contributed by atoms with Crippen molar-refractivity contribution in [2.24, 2.45) is 9.98 Å². The molecule has 0 aliphatic carbocycles. The number of hydrogen-bond acceptors (Lipinski definition) is 4. The lowest BCUT2D eigenvalue weighted by molar-refractivity contribution is 0.490. The molecule has 4 nitrogen and oxygen atoms in total. The number of hydrogen-bond donors (Lipinski definition) is 0. The van der Waals surface area contributed by atoms with Crippen molar-refractivity contribution < 1.29 is 9.59 Å². The molecule has 0 N–H and O–H groups in total. The average molecular weight is 182 g/mol. The molecule has 0 aliphatic heterocycles. The van der Waals surface area contributed by atoms with Crippen LogP contribution in [0, 0.1) is 0 Å². The second kappa shape index (κ2) is 7.41. The van der Waals surface area contributed by atoms with Crippen LogP contribution >= 0.6 is 0 Å². The first-order valence-corrected chi connectivity index (χ1v) is 4.42. The zero-order chi connectivity index (χ0) is 10.1. The maximum Gasteiger partial charge on any atom is 0.235 e. The first-order valence-electron chi connectivity index (χ1n) is 4.42. The van der Waals surface area contributed by atoms with Gasteiger partial charge in [-0.1, -0.05) is 13.8 Å². The Labute approximate surface area is 77.8 Å². The minimum atomic E-state index is -0.0699. The molecule has 0 amide bonds. The van der Waals surface area contributed by atoms with Gasteiger partial charge < -0.3 is 0 Å². The Morgan fingerprint density at radius 2 is 1.38 bits per heavy atom. The van der Waals surface area contributed by atoms with Crippen LogP contribution < -0.4 is 0 Å². The van der Waals surface area contributed by atoms with Gasteiger partial charge in [0.1, 0.15) is 0 Å². The van der Waals surface area contributed by atoms with Crippen molar-refractivity contribution in [1.82, 2.24) is 0 Å². The number of nitrogens with zero attached hydrogens (tertiary/aromatic N) is 2. The fraction of sp³-hybridized carbons (Fsp3) is 0.778. The van der Waals surface area contributed by atoms with E-state index in [2.05, 4.69) is 9.98 Å². The molecule has 0 aromatic heterocycles. The summed E-state index contributed by atoms with van der Waals surface area (Å²) in [5.74, 6) is 0. The van der Waals surface area contributed by atoms with Crippen LogP contribution in [0.25, 0.3) is 0 Å². The van der Waals surface area contributed by atoms with Gasteiger partial charge in [0, 0.05) is 0 Å². The Balaban J connectivity index is 4.17. The number of rotatable bonds is 6. The largest absolute Gasteiger partial charge is 0.235 e. The summed E-state index contributed by atoms with van der Waals surface area (Å²) < 4.78 is 0. The van der Waals surface area contributed by atoms with E-state index in [1.807, 2.05) is 13.8 Å². The quantitative estimate of drug-likeness (QED) is 0.462. The molecule has 0 aromatic rings. The highest BCUT2D eigenvalue weighted by atomic mass is 16.1. The molecule has 4 heteroatoms. The van der Waals surface area contributed by atoms with E-state index >= 15 is 0 Å². The Kier molecular flexibility index (Phi) is 6.70. The van der Waals surface area contributed by atoms with Gasteiger partial charge in [0.05, 0.1) is 12.1 Å². The Morgan fingerprint density at radius 1 is 1.00 bits per heavy atom. The van der Waals surface area contributed by atoms with Gasteiger partial charge in [0.15, 0.2) is 0 Å². The predicted octanol–water partition coefficient (Wildman–Crippen LogP) is 1.61. The van der Waals surface area contributed by atoms with Crippen molar-refractivity contribution in [1.29, 1.82) is 0 Å². The van der Waals surface area contributed by atoms with E-state index < -0.39 is 0 Å². The lowest BCUT2D eigenvalue weighted by atomic mass is 10.0. The molecule has 0 spiro atoms. The van der Waals surface area contributed by atoms with E-state index in [0.29, 0.717) is 6.42 Å². The molecule has 2 atom stereocenters. The van der Waals surface area contributed by atoms with E-state index in [-0.39, 0.29) is 12.1 Å². The first kappa shape index (κ1) is 11.8. The fourth-order valence-corrected chi connectivity index (χ4v) is 1.08. The highest BCUT2D eigenvalue weighted by Crippen LogP contribution is 2.11. The van der Waals surface area contributed by atoms with Crippen LogP contribution in [0.3, 0.4) is 0 Å². The standard InChI is InChI=1S/C9H14N2O2/c1-3-8(10-6-12)5-9(4-2)11-7-13/h8-9H,3-5H2,1-2H3. The molecule has 0 saturated carbocycles. The normalized spacial score (nSPS) is 13.7. The minimum absolute atomic E-state index is 0.0699. The van der Waals surface area contributed by atoms with Crippen LogP contribution in [0.4, 0.5) is 0 Å². The summed E-state index contributed by atoms with van der Waals surface area (Å²) in [7, 11) is 0. The monoisotopic (exact) mass is 182 g/mol. The van der Waals surface area contributed by atoms with Gasteiger partial charge in [-0.3, -0.25) is 0 Å². The van der Waals surface area contributed by atoms with Crippen LogP contribution in [-0.4, -0.2) is 24.2 Å². The summed E-state index contributed by atoms with van der Waals surface area (Å²) in [6.07, 6.45) is 5.20. The molecule has 0 fully saturated rings. The van der Waals surface area contributed by atoms with Crippen LogP contribution in [0.1, 0.15) is 33.1 Å². The molecule has 0 aromatic carbocycles. The molecule has 0 rings (SSSR count). The SMILES string of the molecule is CCC(CC(CC)N=C=O)N=C=O. The van der Waals surface area contributed by atoms with Crippen LogP contribution in [0.2, 0.25) is 0 Å². The highest BCUT2D eigenvalue weighted by molar-refractivity contribution is 5.34. The number of isocyanates is 2. The zero-order valence-electron chi connectivity index (χ0n) is 7.99. The van der Waals surface area contributed by atoms with Crippen molar-refractivity contribution in [2.75, 3.05) is 0 Å². The third kappa shape index (κ3) is 5.07. The smallest absolute Gasteiger partial charge is 0.211 e. The average Bonchev–Trinajstić information content (AvgIpc) is 2.16. The zero-order valence-corrected chi connectivity index (χ0v) is 7.99. The molecule has 0 saturated heterocycles. The van der Waals surface area contributed by atoms with Crippen molar-refractivity contribution in [2.45, 2.75) is 45.2 Å². The van der Waals surface area contributed by atoms with Crippen LogP contribution in [0.15, 0.2) is 9.98 Å². The van der Waals surface area contributed by atoms with Gasteiger partial charge in [-0.25, -0.2) is 19.6 Å². The van der Waals surface area contributed by atoms with Gasteiger partial charge in [0.2, 0.25) is 12.2 Å². The third-order valence-electron chi connectivity index (χ3n) is 1.96. The molecule has 0 bridgehead atoms. The van der Waals surface area contributed by atoms with Gasteiger partial charge in [-0.05, 0) is 19.3 Å². The van der Waals surface area contributed by atoms with E-state index in [4.69, 9.17) is 0 Å². The topological polar surface area (TPSA) is 58.9 Å². The maximum atomic E-state index is 10.0. The first-order chi connectivity index (χ1) is 6.28. The molecule has 72 valence electrons. The van der Waals surface area contributed by atoms with E-state index in [1.165, 1.54) is 12.2 Å². The minimum Gasteiger partial charge on any atom is -0.211 e. The molecular formula is C9H14N2O2. The summed E-state index contributed by atoms with van der Waals surface area (Å²) in [5, 5.41) is 0. The Morgan fingerprint density at radius 3 is 1.62 bits per heavy atom. The highest BCUT2D eigenvalue weighted by Gasteiger charge is 2.11. The Hall–Kier alpha value is -1.24. The maximum absolute atomic E-state index is 10.0. The molecule has 0 aliphatic rings. The molecule has 13 heavy (non-hydrogen) atoms. The summed E-state index contributed by atoms with van der Waals surface area (Å²) in [6.45, 7) is 3.87. The lowest BCUT2D eigenvalue weighted by Crippen LogP contribution is -2.13. The summed E-state index contributed by atoms with van der Waals surface area (Å²) in [5.41, 5.74) is 0. The second-order valence-electron chi connectivity index (χ2n) is 2.80. The molecule has 2 unspecified atom stereocenters. The van der Waals surface area contributed by atoms with Gasteiger partial charge in [-0.15, -0.1) is 0 Å². The molecule has 0 heterocycles. The summed E-state index contributed by atoms with van der Waals surface area (Å²) in [6, 6.07) is -0.140. The Bertz CT molecular complexity index is 204. The summed E-state index contributed by atoms with van der Waals surface area (Å²) in [4.78, 5) is 27.2. The second-order valence-corrected chi connectivity index (χ2v) is 2.80. The number of carbonyl (C=O) groups excluding carboxylic acids is 2. The number of aliphatic imine (C=N–C) groups is 2. The molecule has 0 radical (unpaired) electrons. The van der Waals surface area contributed by atoms with Crippen molar-refractivity contribution >= 4 is 12.2 Å². The van der Waals surface area contributed by atoms with E-state index in [0.717, 1.165) is 12.8 Å². The summed E-state index contributed by atoms with van der Waals surface area (Å²) >= 11 is 0.